The van der Waals surface area contributed by atoms with E-state index in [1.807, 2.05) is 25.3 Å². The third-order valence-corrected chi connectivity index (χ3v) is 2.40. The Labute approximate surface area is 77.6 Å². The van der Waals surface area contributed by atoms with Crippen molar-refractivity contribution >= 4 is 11.8 Å². The van der Waals surface area contributed by atoms with E-state index in [9.17, 15) is 0 Å². The molecule has 0 fully saturated rings. The van der Waals surface area contributed by atoms with Gasteiger partial charge in [0.15, 0.2) is 0 Å². The largest absolute Gasteiger partial charge is 0.324 e. The van der Waals surface area contributed by atoms with Gasteiger partial charge in [-0.3, -0.25) is 0 Å². The molecule has 0 saturated carbocycles. The van der Waals surface area contributed by atoms with Crippen molar-refractivity contribution in [2.24, 2.45) is 5.73 Å². The molecule has 1 aromatic rings. The Bertz CT molecular complexity index is 231. The van der Waals surface area contributed by atoms with Crippen molar-refractivity contribution in [2.75, 3.05) is 5.75 Å². The fraction of sp³-hybridized carbons (Fsp3) is 0.444. The summed E-state index contributed by atoms with van der Waals surface area (Å²) in [6.07, 6.45) is 1.85. The molecule has 0 bridgehead atoms. The summed E-state index contributed by atoms with van der Waals surface area (Å²) in [5.41, 5.74) is 6.78. The molecule has 66 valence electrons. The molecule has 0 aliphatic rings. The van der Waals surface area contributed by atoms with Crippen LogP contribution in [0, 0.1) is 0 Å². The quantitative estimate of drug-likeness (QED) is 0.728. The summed E-state index contributed by atoms with van der Waals surface area (Å²) in [6.45, 7) is 4.08. The number of nitrogens with zero attached hydrogens (tertiary/aromatic N) is 1. The highest BCUT2D eigenvalue weighted by molar-refractivity contribution is 7.99. The summed E-state index contributed by atoms with van der Waals surface area (Å²) in [5.74, 6) is 1.06. The van der Waals surface area contributed by atoms with Gasteiger partial charge in [-0.25, -0.2) is 4.98 Å². The van der Waals surface area contributed by atoms with Crippen LogP contribution in [0.2, 0.25) is 0 Å². The maximum atomic E-state index is 5.69. The van der Waals surface area contributed by atoms with Crippen LogP contribution in [0.25, 0.3) is 0 Å². The molecule has 3 heteroatoms. The first kappa shape index (κ1) is 9.55. The summed E-state index contributed by atoms with van der Waals surface area (Å²) in [5, 5.41) is 1.07. The van der Waals surface area contributed by atoms with Crippen molar-refractivity contribution in [1.82, 2.24) is 4.98 Å². The van der Waals surface area contributed by atoms with E-state index in [0.29, 0.717) is 0 Å². The van der Waals surface area contributed by atoms with Crippen LogP contribution in [0.15, 0.2) is 23.4 Å². The minimum Gasteiger partial charge on any atom is -0.324 e. The number of thioether (sulfide) groups is 1. The molecule has 1 heterocycles. The van der Waals surface area contributed by atoms with Gasteiger partial charge in [-0.05, 0) is 24.3 Å². The summed E-state index contributed by atoms with van der Waals surface area (Å²) >= 11 is 1.74. The number of aromatic nitrogens is 1. The van der Waals surface area contributed by atoms with E-state index in [1.165, 1.54) is 0 Å². The average Bonchev–Trinajstić information content (AvgIpc) is 2.06. The van der Waals surface area contributed by atoms with Crippen LogP contribution >= 0.6 is 11.8 Å². The molecular formula is C9H14N2S. The Morgan fingerprint density at radius 1 is 1.58 bits per heavy atom. The van der Waals surface area contributed by atoms with E-state index >= 15 is 0 Å². The van der Waals surface area contributed by atoms with E-state index in [4.69, 9.17) is 5.73 Å². The number of hydrogen-bond acceptors (Lipinski definition) is 3. The topological polar surface area (TPSA) is 38.9 Å². The summed E-state index contributed by atoms with van der Waals surface area (Å²) < 4.78 is 0. The highest BCUT2D eigenvalue weighted by atomic mass is 32.2. The number of rotatable bonds is 3. The zero-order chi connectivity index (χ0) is 8.97. The van der Waals surface area contributed by atoms with Gasteiger partial charge in [-0.2, -0.15) is 0 Å². The van der Waals surface area contributed by atoms with Crippen molar-refractivity contribution in [2.45, 2.75) is 24.9 Å². The number of nitrogens with two attached hydrogens (primary N) is 1. The third-order valence-electron chi connectivity index (χ3n) is 1.58. The monoisotopic (exact) mass is 182 g/mol. The lowest BCUT2D eigenvalue weighted by atomic mass is 10.2. The molecule has 1 aromatic heterocycles. The lowest BCUT2D eigenvalue weighted by Crippen LogP contribution is -2.04. The van der Waals surface area contributed by atoms with E-state index in [-0.39, 0.29) is 6.04 Å². The average molecular weight is 182 g/mol. The van der Waals surface area contributed by atoms with Crippen molar-refractivity contribution in [1.29, 1.82) is 0 Å². The predicted molar refractivity (Wildman–Crippen MR) is 53.2 cm³/mol. The van der Waals surface area contributed by atoms with Gasteiger partial charge < -0.3 is 5.73 Å². The molecule has 1 unspecified atom stereocenters. The second-order valence-corrected chi connectivity index (χ2v) is 3.94. The molecule has 1 atom stereocenters. The Morgan fingerprint density at radius 2 is 2.33 bits per heavy atom. The molecule has 0 amide bonds. The van der Waals surface area contributed by atoms with Crippen molar-refractivity contribution in [3.63, 3.8) is 0 Å². The van der Waals surface area contributed by atoms with Gasteiger partial charge in [0.05, 0.1) is 5.03 Å². The maximum absolute atomic E-state index is 5.69. The zero-order valence-corrected chi connectivity index (χ0v) is 8.27. The maximum Gasteiger partial charge on any atom is 0.0959 e. The molecule has 1 rings (SSSR count). The molecule has 2 nitrogen and oxygen atoms in total. The van der Waals surface area contributed by atoms with Crippen LogP contribution in [-0.2, 0) is 0 Å². The lowest BCUT2D eigenvalue weighted by molar-refractivity contribution is 0.806. The van der Waals surface area contributed by atoms with Crippen LogP contribution in [0.1, 0.15) is 25.5 Å². The van der Waals surface area contributed by atoms with E-state index in [0.717, 1.165) is 16.3 Å². The summed E-state index contributed by atoms with van der Waals surface area (Å²) in [6, 6.07) is 4.14. The van der Waals surface area contributed by atoms with E-state index in [1.54, 1.807) is 11.8 Å². The highest BCUT2D eigenvalue weighted by Gasteiger charge is 1.99. The minimum atomic E-state index is 0.0816. The fourth-order valence-electron chi connectivity index (χ4n) is 0.894. The molecule has 2 N–H and O–H groups in total. The molecule has 0 aliphatic carbocycles. The summed E-state index contributed by atoms with van der Waals surface area (Å²) in [7, 11) is 0. The van der Waals surface area contributed by atoms with Crippen LogP contribution in [0.3, 0.4) is 0 Å². The van der Waals surface area contributed by atoms with E-state index < -0.39 is 0 Å². The first-order valence-electron chi connectivity index (χ1n) is 4.08. The van der Waals surface area contributed by atoms with Gasteiger partial charge >= 0.3 is 0 Å². The van der Waals surface area contributed by atoms with Crippen LogP contribution < -0.4 is 5.73 Å². The van der Waals surface area contributed by atoms with Gasteiger partial charge in [-0.15, -0.1) is 11.8 Å². The Morgan fingerprint density at radius 3 is 2.75 bits per heavy atom. The lowest BCUT2D eigenvalue weighted by Gasteiger charge is -2.04. The first-order chi connectivity index (χ1) is 5.74. The third kappa shape index (κ3) is 2.50. The Kier molecular flexibility index (Phi) is 3.56. The highest BCUT2D eigenvalue weighted by Crippen LogP contribution is 2.16. The molecule has 0 aromatic carbocycles. The van der Waals surface area contributed by atoms with Gasteiger partial charge in [0.2, 0.25) is 0 Å². The SMILES string of the molecule is CCSc1ccc(C(C)N)cn1. The van der Waals surface area contributed by atoms with Gasteiger partial charge in [0, 0.05) is 12.2 Å². The predicted octanol–water partition coefficient (Wildman–Crippen LogP) is 2.21. The molecule has 12 heavy (non-hydrogen) atoms. The molecule has 0 aliphatic heterocycles. The molecule has 0 radical (unpaired) electrons. The van der Waals surface area contributed by atoms with Crippen LogP contribution in [0.5, 0.6) is 0 Å². The first-order valence-corrected chi connectivity index (χ1v) is 5.07. The zero-order valence-electron chi connectivity index (χ0n) is 7.45. The number of hydrogen-bond donors (Lipinski definition) is 1. The second kappa shape index (κ2) is 4.48. The number of pyridine rings is 1. The van der Waals surface area contributed by atoms with Crippen molar-refractivity contribution in [3.8, 4) is 0 Å². The Hall–Kier alpha value is -0.540. The van der Waals surface area contributed by atoms with Crippen LogP contribution in [0.4, 0.5) is 0 Å². The van der Waals surface area contributed by atoms with Crippen molar-refractivity contribution < 1.29 is 0 Å². The summed E-state index contributed by atoms with van der Waals surface area (Å²) in [4.78, 5) is 4.27. The molecule has 0 spiro atoms. The smallest absolute Gasteiger partial charge is 0.0959 e. The van der Waals surface area contributed by atoms with Crippen LogP contribution in [-0.4, -0.2) is 10.7 Å². The standard InChI is InChI=1S/C9H14N2S/c1-3-12-9-5-4-8(6-11-9)7(2)10/h4-7H,3,10H2,1-2H3. The minimum absolute atomic E-state index is 0.0816. The van der Waals surface area contributed by atoms with Crippen molar-refractivity contribution in [3.05, 3.63) is 23.9 Å². The molecular weight excluding hydrogens is 168 g/mol. The fourth-order valence-corrected chi connectivity index (χ4v) is 1.48. The molecule has 0 saturated heterocycles. The normalized spacial score (nSPS) is 12.9. The Balaban J connectivity index is 2.71. The van der Waals surface area contributed by atoms with E-state index in [2.05, 4.69) is 11.9 Å². The van der Waals surface area contributed by atoms with Gasteiger partial charge in [0.1, 0.15) is 0 Å². The second-order valence-electron chi connectivity index (χ2n) is 2.65. The van der Waals surface area contributed by atoms with Gasteiger partial charge in [0.25, 0.3) is 0 Å². The van der Waals surface area contributed by atoms with Gasteiger partial charge in [-0.1, -0.05) is 13.0 Å².